The molecule has 0 amide bonds. The first-order valence-corrected chi connectivity index (χ1v) is 5.22. The summed E-state index contributed by atoms with van der Waals surface area (Å²) in [6, 6.07) is 1.87. The zero-order chi connectivity index (χ0) is 10.8. The van der Waals surface area contributed by atoms with Crippen LogP contribution in [0.2, 0.25) is 0 Å². The molecule has 2 rings (SSSR count). The van der Waals surface area contributed by atoms with Crippen molar-refractivity contribution in [3.63, 3.8) is 0 Å². The first-order valence-electron chi connectivity index (χ1n) is 5.22. The van der Waals surface area contributed by atoms with Crippen molar-refractivity contribution in [2.24, 2.45) is 11.8 Å². The van der Waals surface area contributed by atoms with Crippen LogP contribution in [0.4, 0.5) is 11.6 Å². The number of aromatic nitrogens is 2. The molecule has 1 aromatic heterocycles. The SMILES string of the molecule is Cc1nc(NN)cc(N(C)CC2CC2)n1. The second-order valence-corrected chi connectivity index (χ2v) is 4.13. The zero-order valence-electron chi connectivity index (χ0n) is 9.20. The average Bonchev–Trinajstić information content (AvgIpc) is 3.00. The van der Waals surface area contributed by atoms with E-state index in [2.05, 4.69) is 27.3 Å². The van der Waals surface area contributed by atoms with E-state index in [0.29, 0.717) is 5.82 Å². The predicted molar refractivity (Wildman–Crippen MR) is 60.6 cm³/mol. The minimum absolute atomic E-state index is 0.667. The van der Waals surface area contributed by atoms with Gasteiger partial charge in [-0.25, -0.2) is 15.8 Å². The Morgan fingerprint density at radius 3 is 2.87 bits per heavy atom. The van der Waals surface area contributed by atoms with Gasteiger partial charge in [0.15, 0.2) is 0 Å². The van der Waals surface area contributed by atoms with Crippen molar-refractivity contribution in [2.75, 3.05) is 23.9 Å². The summed E-state index contributed by atoms with van der Waals surface area (Å²) in [7, 11) is 2.06. The van der Waals surface area contributed by atoms with Crippen LogP contribution in [0.25, 0.3) is 0 Å². The fraction of sp³-hybridized carbons (Fsp3) is 0.600. The number of hydrazine groups is 1. The van der Waals surface area contributed by atoms with Crippen molar-refractivity contribution >= 4 is 11.6 Å². The van der Waals surface area contributed by atoms with Crippen molar-refractivity contribution in [1.29, 1.82) is 0 Å². The number of rotatable bonds is 4. The van der Waals surface area contributed by atoms with Gasteiger partial charge in [0.05, 0.1) is 0 Å². The lowest BCUT2D eigenvalue weighted by molar-refractivity contribution is 0.773. The Morgan fingerprint density at radius 1 is 1.53 bits per heavy atom. The molecule has 0 spiro atoms. The van der Waals surface area contributed by atoms with Crippen LogP contribution in [-0.2, 0) is 0 Å². The van der Waals surface area contributed by atoms with E-state index in [1.54, 1.807) is 0 Å². The van der Waals surface area contributed by atoms with Crippen molar-refractivity contribution in [3.8, 4) is 0 Å². The van der Waals surface area contributed by atoms with Crippen LogP contribution in [0.1, 0.15) is 18.7 Å². The number of nitrogen functional groups attached to an aromatic ring is 1. The average molecular weight is 207 g/mol. The summed E-state index contributed by atoms with van der Waals surface area (Å²) < 4.78 is 0. The van der Waals surface area contributed by atoms with Crippen LogP contribution in [-0.4, -0.2) is 23.6 Å². The Kier molecular flexibility index (Phi) is 2.73. The molecular formula is C10H17N5. The maximum Gasteiger partial charge on any atom is 0.145 e. The Hall–Kier alpha value is -1.36. The van der Waals surface area contributed by atoms with E-state index in [9.17, 15) is 0 Å². The maximum absolute atomic E-state index is 5.34. The monoisotopic (exact) mass is 207 g/mol. The van der Waals surface area contributed by atoms with Gasteiger partial charge in [0.2, 0.25) is 0 Å². The van der Waals surface area contributed by atoms with Crippen molar-refractivity contribution < 1.29 is 0 Å². The second-order valence-electron chi connectivity index (χ2n) is 4.13. The topological polar surface area (TPSA) is 67.1 Å². The van der Waals surface area contributed by atoms with E-state index >= 15 is 0 Å². The van der Waals surface area contributed by atoms with Crippen LogP contribution < -0.4 is 16.2 Å². The molecule has 0 bridgehead atoms. The first-order chi connectivity index (χ1) is 7.19. The van der Waals surface area contributed by atoms with Crippen molar-refractivity contribution in [2.45, 2.75) is 19.8 Å². The number of nitrogens with one attached hydrogen (secondary N) is 1. The minimum Gasteiger partial charge on any atom is -0.359 e. The van der Waals surface area contributed by atoms with Gasteiger partial charge in [-0.05, 0) is 25.7 Å². The Labute approximate surface area is 89.7 Å². The number of nitrogens with zero attached hydrogens (tertiary/aromatic N) is 3. The molecule has 3 N–H and O–H groups in total. The number of anilines is 2. The van der Waals surface area contributed by atoms with Gasteiger partial charge in [-0.15, -0.1) is 0 Å². The molecule has 5 heteroatoms. The molecule has 0 radical (unpaired) electrons. The normalized spacial score (nSPS) is 15.1. The third kappa shape index (κ3) is 2.56. The number of nitrogens with two attached hydrogens (primary N) is 1. The number of hydrogen-bond donors (Lipinski definition) is 2. The summed E-state index contributed by atoms with van der Waals surface area (Å²) in [4.78, 5) is 10.7. The van der Waals surface area contributed by atoms with Gasteiger partial charge in [0.25, 0.3) is 0 Å². The number of aryl methyl sites for hydroxylation is 1. The Balaban J connectivity index is 2.13. The van der Waals surface area contributed by atoms with E-state index in [1.165, 1.54) is 12.8 Å². The molecule has 0 aliphatic heterocycles. The van der Waals surface area contributed by atoms with Crippen LogP contribution in [0, 0.1) is 12.8 Å². The van der Waals surface area contributed by atoms with E-state index < -0.39 is 0 Å². The molecule has 1 saturated carbocycles. The van der Waals surface area contributed by atoms with E-state index in [0.717, 1.165) is 24.1 Å². The van der Waals surface area contributed by atoms with Crippen molar-refractivity contribution in [3.05, 3.63) is 11.9 Å². The number of hydrogen-bond acceptors (Lipinski definition) is 5. The molecular weight excluding hydrogens is 190 g/mol. The summed E-state index contributed by atoms with van der Waals surface area (Å²) in [5.74, 6) is 8.53. The highest BCUT2D eigenvalue weighted by Gasteiger charge is 2.23. The fourth-order valence-corrected chi connectivity index (χ4v) is 1.60. The molecule has 0 atom stereocenters. The standard InChI is InChI=1S/C10H17N5/c1-7-12-9(14-11)5-10(13-7)15(2)6-8-3-4-8/h5,8H,3-4,6,11H2,1-2H3,(H,12,13,14). The largest absolute Gasteiger partial charge is 0.359 e. The summed E-state index contributed by atoms with van der Waals surface area (Å²) in [6.45, 7) is 2.94. The lowest BCUT2D eigenvalue weighted by atomic mass is 10.3. The molecule has 1 aliphatic rings. The molecule has 1 heterocycles. The molecule has 0 aromatic carbocycles. The minimum atomic E-state index is 0.667. The van der Waals surface area contributed by atoms with Crippen LogP contribution >= 0.6 is 0 Å². The van der Waals surface area contributed by atoms with Crippen LogP contribution in [0.5, 0.6) is 0 Å². The fourth-order valence-electron chi connectivity index (χ4n) is 1.60. The summed E-state index contributed by atoms with van der Waals surface area (Å²) in [5, 5.41) is 0. The molecule has 15 heavy (non-hydrogen) atoms. The van der Waals surface area contributed by atoms with Gasteiger partial charge in [-0.2, -0.15) is 0 Å². The first kappa shape index (κ1) is 10.2. The smallest absolute Gasteiger partial charge is 0.145 e. The second kappa shape index (κ2) is 4.02. The van der Waals surface area contributed by atoms with Gasteiger partial charge in [-0.3, -0.25) is 0 Å². The highest BCUT2D eigenvalue weighted by atomic mass is 15.3. The molecule has 82 valence electrons. The molecule has 5 nitrogen and oxygen atoms in total. The van der Waals surface area contributed by atoms with E-state index in [4.69, 9.17) is 5.84 Å². The van der Waals surface area contributed by atoms with Gasteiger partial charge >= 0.3 is 0 Å². The molecule has 1 aliphatic carbocycles. The van der Waals surface area contributed by atoms with E-state index in [1.807, 2.05) is 13.0 Å². The summed E-state index contributed by atoms with van der Waals surface area (Å²) >= 11 is 0. The van der Waals surface area contributed by atoms with Crippen LogP contribution in [0.15, 0.2) is 6.07 Å². The predicted octanol–water partition coefficient (Wildman–Crippen LogP) is 0.917. The quantitative estimate of drug-likeness (QED) is 0.567. The van der Waals surface area contributed by atoms with Crippen molar-refractivity contribution in [1.82, 2.24) is 9.97 Å². The third-order valence-electron chi connectivity index (χ3n) is 2.59. The van der Waals surface area contributed by atoms with Gasteiger partial charge in [0.1, 0.15) is 17.5 Å². The summed E-state index contributed by atoms with van der Waals surface area (Å²) in [6.07, 6.45) is 2.69. The van der Waals surface area contributed by atoms with Gasteiger partial charge in [0, 0.05) is 19.7 Å². The molecule has 0 unspecified atom stereocenters. The Morgan fingerprint density at radius 2 is 2.27 bits per heavy atom. The zero-order valence-corrected chi connectivity index (χ0v) is 9.20. The molecule has 1 fully saturated rings. The maximum atomic E-state index is 5.34. The van der Waals surface area contributed by atoms with Gasteiger partial charge < -0.3 is 10.3 Å². The Bertz CT molecular complexity index is 348. The van der Waals surface area contributed by atoms with Crippen LogP contribution in [0.3, 0.4) is 0 Å². The lowest BCUT2D eigenvalue weighted by Crippen LogP contribution is -2.22. The van der Waals surface area contributed by atoms with Gasteiger partial charge in [-0.1, -0.05) is 0 Å². The highest BCUT2D eigenvalue weighted by molar-refractivity contribution is 5.48. The summed E-state index contributed by atoms with van der Waals surface area (Å²) in [5.41, 5.74) is 2.55. The third-order valence-corrected chi connectivity index (χ3v) is 2.59. The highest BCUT2D eigenvalue weighted by Crippen LogP contribution is 2.30. The molecule has 0 saturated heterocycles. The lowest BCUT2D eigenvalue weighted by Gasteiger charge is -2.18. The molecule has 1 aromatic rings. The van der Waals surface area contributed by atoms with E-state index in [-0.39, 0.29) is 0 Å².